The van der Waals surface area contributed by atoms with E-state index in [0.717, 1.165) is 65.5 Å². The SMILES string of the molecule is Cc1c(C)c2c(c(C)c1OC(=O)OCC(C)(OC(=O)c1cccnc1)C(COC(=O)c1cccnc1)OC(=O)c1cccnc1)CCC(C)(CCCC(C)CCCC(C)CCCC(C)C)O2. The Bertz CT molecular complexity index is 2220. The highest BCUT2D eigenvalue weighted by Crippen LogP contribution is 2.45. The van der Waals surface area contributed by atoms with Crippen LogP contribution < -0.4 is 9.47 Å². The number of carbonyl (C=O) groups is 4. The van der Waals surface area contributed by atoms with Crippen molar-refractivity contribution in [3.63, 3.8) is 0 Å². The average Bonchev–Trinajstić information content (AvgIpc) is 3.30. The van der Waals surface area contributed by atoms with Crippen molar-refractivity contribution in [2.24, 2.45) is 17.8 Å². The van der Waals surface area contributed by atoms with Crippen molar-refractivity contribution in [1.29, 1.82) is 0 Å². The smallest absolute Gasteiger partial charge is 0.487 e. The van der Waals surface area contributed by atoms with Gasteiger partial charge in [0, 0.05) is 42.7 Å². The van der Waals surface area contributed by atoms with Gasteiger partial charge in [-0.1, -0.05) is 72.6 Å². The number of benzene rings is 1. The van der Waals surface area contributed by atoms with Gasteiger partial charge in [0.1, 0.15) is 30.3 Å². The van der Waals surface area contributed by atoms with Gasteiger partial charge in [-0.25, -0.2) is 19.2 Å². The Morgan fingerprint density at radius 3 is 1.82 bits per heavy atom. The van der Waals surface area contributed by atoms with Gasteiger partial charge >= 0.3 is 24.1 Å². The van der Waals surface area contributed by atoms with E-state index >= 15 is 0 Å². The normalized spacial score (nSPS) is 16.7. The minimum absolute atomic E-state index is 0.0721. The Morgan fingerprint density at radius 1 is 0.712 bits per heavy atom. The van der Waals surface area contributed by atoms with Gasteiger partial charge in [-0.15, -0.1) is 0 Å². The van der Waals surface area contributed by atoms with Crippen LogP contribution in [0.1, 0.15) is 159 Å². The van der Waals surface area contributed by atoms with Crippen LogP contribution in [0, 0.1) is 38.5 Å². The lowest BCUT2D eigenvalue weighted by Gasteiger charge is -2.38. The lowest BCUT2D eigenvalue weighted by atomic mass is 9.83. The molecule has 4 aromatic rings. The third-order valence-corrected chi connectivity index (χ3v) is 12.8. The molecular formula is C53H69N3O10. The maximum absolute atomic E-state index is 13.7. The van der Waals surface area contributed by atoms with Crippen molar-refractivity contribution in [2.45, 2.75) is 150 Å². The number of pyridine rings is 3. The number of hydrogen-bond acceptors (Lipinski definition) is 13. The molecule has 5 unspecified atom stereocenters. The molecule has 5 rings (SSSR count). The number of nitrogens with zero attached hydrogens (tertiary/aromatic N) is 3. The molecule has 66 heavy (non-hydrogen) atoms. The van der Waals surface area contributed by atoms with E-state index < -0.39 is 49.0 Å². The summed E-state index contributed by atoms with van der Waals surface area (Å²) in [7, 11) is 0. The molecule has 13 nitrogen and oxygen atoms in total. The van der Waals surface area contributed by atoms with Crippen molar-refractivity contribution in [3.8, 4) is 11.5 Å². The maximum atomic E-state index is 13.7. The molecule has 3 aromatic heterocycles. The van der Waals surface area contributed by atoms with Crippen molar-refractivity contribution in [1.82, 2.24) is 15.0 Å². The van der Waals surface area contributed by atoms with Crippen molar-refractivity contribution < 1.29 is 47.6 Å². The first-order valence-corrected chi connectivity index (χ1v) is 23.5. The Morgan fingerprint density at radius 2 is 1.26 bits per heavy atom. The second kappa shape index (κ2) is 24.1. The summed E-state index contributed by atoms with van der Waals surface area (Å²) in [5.41, 5.74) is 1.34. The van der Waals surface area contributed by atoms with Gasteiger partial charge in [0.2, 0.25) is 0 Å². The predicted octanol–water partition coefficient (Wildman–Crippen LogP) is 11.5. The van der Waals surface area contributed by atoms with Crippen LogP contribution in [0.4, 0.5) is 4.79 Å². The van der Waals surface area contributed by atoms with Crippen LogP contribution in [-0.2, 0) is 25.4 Å². The minimum atomic E-state index is -1.95. The molecule has 0 fully saturated rings. The molecule has 0 saturated heterocycles. The standard InChI is InChI=1S/C53H69N3O10/c1-35(2)16-10-17-36(3)18-11-19-37(4)20-12-25-52(8)26-24-44-40(7)46(38(5)39(6)47(44)65-52)64-51(60)62-34-53(9,66-50(59)43-23-15-29-56-32-43)45(63-49(58)42-22-14-28-55-31-42)33-61-48(57)41-21-13-27-54-30-41/h13-15,21-23,27-32,35-37,45H,10-12,16-20,24-26,33-34H2,1-9H3. The van der Waals surface area contributed by atoms with E-state index in [1.54, 1.807) is 18.2 Å². The quantitative estimate of drug-likeness (QED) is 0.0393. The summed E-state index contributed by atoms with van der Waals surface area (Å²) in [6.07, 6.45) is 18.4. The van der Waals surface area contributed by atoms with Gasteiger partial charge in [0.25, 0.3) is 0 Å². The maximum Gasteiger partial charge on any atom is 0.514 e. The van der Waals surface area contributed by atoms with Gasteiger partial charge in [-0.05, 0) is 131 Å². The molecule has 0 aliphatic carbocycles. The Hall–Kier alpha value is -5.85. The van der Waals surface area contributed by atoms with E-state index in [0.29, 0.717) is 11.7 Å². The number of fused-ring (bicyclic) bond motifs is 1. The highest BCUT2D eigenvalue weighted by molar-refractivity contribution is 5.91. The third kappa shape index (κ3) is 14.6. The molecule has 13 heteroatoms. The molecule has 0 radical (unpaired) electrons. The summed E-state index contributed by atoms with van der Waals surface area (Å²) < 4.78 is 35.9. The second-order valence-corrected chi connectivity index (χ2v) is 19.0. The topological polar surface area (TPSA) is 162 Å². The average molecular weight is 908 g/mol. The predicted molar refractivity (Wildman–Crippen MR) is 251 cm³/mol. The number of carbonyl (C=O) groups excluding carboxylic acids is 4. The molecule has 0 spiro atoms. The van der Waals surface area contributed by atoms with Crippen LogP contribution >= 0.6 is 0 Å². The molecule has 1 aliphatic heterocycles. The molecular weight excluding hydrogens is 839 g/mol. The first kappa shape index (κ1) is 51.1. The summed E-state index contributed by atoms with van der Waals surface area (Å²) in [6, 6.07) is 9.14. The summed E-state index contributed by atoms with van der Waals surface area (Å²) >= 11 is 0. The molecule has 0 saturated carbocycles. The van der Waals surface area contributed by atoms with E-state index in [9.17, 15) is 19.2 Å². The van der Waals surface area contributed by atoms with Gasteiger partial charge in [0.15, 0.2) is 11.7 Å². The van der Waals surface area contributed by atoms with E-state index in [1.165, 1.54) is 107 Å². The Balaban J connectivity index is 1.27. The van der Waals surface area contributed by atoms with Gasteiger partial charge in [-0.2, -0.15) is 0 Å². The van der Waals surface area contributed by atoms with Crippen molar-refractivity contribution >= 4 is 24.1 Å². The fourth-order valence-corrected chi connectivity index (χ4v) is 8.40. The highest BCUT2D eigenvalue weighted by atomic mass is 16.7. The molecule has 1 aromatic carbocycles. The molecule has 0 bridgehead atoms. The zero-order valence-corrected chi connectivity index (χ0v) is 40.4. The van der Waals surface area contributed by atoms with E-state index in [-0.39, 0.29) is 22.3 Å². The number of rotatable bonds is 23. The summed E-state index contributed by atoms with van der Waals surface area (Å²) in [6.45, 7) is 17.4. The van der Waals surface area contributed by atoms with E-state index in [2.05, 4.69) is 49.6 Å². The zero-order chi connectivity index (χ0) is 47.9. The van der Waals surface area contributed by atoms with Gasteiger partial charge in [0.05, 0.1) is 16.7 Å². The van der Waals surface area contributed by atoms with E-state index in [4.69, 9.17) is 28.4 Å². The first-order valence-electron chi connectivity index (χ1n) is 23.5. The van der Waals surface area contributed by atoms with Gasteiger partial charge in [-0.3, -0.25) is 15.0 Å². The van der Waals surface area contributed by atoms with Crippen molar-refractivity contribution in [2.75, 3.05) is 13.2 Å². The number of hydrogen-bond donors (Lipinski definition) is 0. The highest BCUT2D eigenvalue weighted by Gasteiger charge is 2.45. The first-order chi connectivity index (χ1) is 31.5. The molecule has 1 aliphatic rings. The summed E-state index contributed by atoms with van der Waals surface area (Å²) in [4.78, 5) is 65.8. The lowest BCUT2D eigenvalue weighted by molar-refractivity contribution is -0.127. The van der Waals surface area contributed by atoms with E-state index in [1.807, 2.05) is 20.8 Å². The molecule has 4 heterocycles. The lowest BCUT2D eigenvalue weighted by Crippen LogP contribution is -2.52. The summed E-state index contributed by atoms with van der Waals surface area (Å²) in [5, 5.41) is 0. The molecule has 0 amide bonds. The number of ether oxygens (including phenoxy) is 6. The molecule has 0 N–H and O–H groups in total. The van der Waals surface area contributed by atoms with Crippen LogP contribution in [-0.4, -0.2) is 69.5 Å². The zero-order valence-electron chi connectivity index (χ0n) is 40.4. The van der Waals surface area contributed by atoms with Crippen LogP contribution in [0.15, 0.2) is 73.6 Å². The monoisotopic (exact) mass is 907 g/mol. The Kier molecular flexibility index (Phi) is 18.7. The Labute approximate surface area is 390 Å². The van der Waals surface area contributed by atoms with Crippen molar-refractivity contribution in [3.05, 3.63) is 113 Å². The van der Waals surface area contributed by atoms with Crippen LogP contribution in [0.2, 0.25) is 0 Å². The minimum Gasteiger partial charge on any atom is -0.487 e. The number of esters is 3. The second-order valence-electron chi connectivity index (χ2n) is 19.0. The molecule has 5 atom stereocenters. The molecule has 356 valence electrons. The number of aromatic nitrogens is 3. The van der Waals surface area contributed by atoms with Crippen LogP contribution in [0.3, 0.4) is 0 Å². The fraction of sp³-hybridized carbons (Fsp3) is 0.528. The van der Waals surface area contributed by atoms with Gasteiger partial charge < -0.3 is 28.4 Å². The largest absolute Gasteiger partial charge is 0.514 e. The third-order valence-electron chi connectivity index (χ3n) is 12.8. The summed E-state index contributed by atoms with van der Waals surface area (Å²) in [5.74, 6) is 0.909. The fourth-order valence-electron chi connectivity index (χ4n) is 8.40. The van der Waals surface area contributed by atoms with Crippen LogP contribution in [0.5, 0.6) is 11.5 Å². The van der Waals surface area contributed by atoms with Crippen LogP contribution in [0.25, 0.3) is 0 Å².